The summed E-state index contributed by atoms with van der Waals surface area (Å²) in [6.45, 7) is 3.67. The minimum atomic E-state index is -0.833. The Morgan fingerprint density at radius 1 is 0.946 bits per heavy atom. The van der Waals surface area contributed by atoms with Gasteiger partial charge in [0.05, 0.1) is 12.8 Å². The molecule has 37 heavy (non-hydrogen) atoms. The molecule has 1 saturated heterocycles. The number of imide groups is 2. The normalized spacial score (nSPS) is 14.4. The first kappa shape index (κ1) is 25.2. The van der Waals surface area contributed by atoms with E-state index < -0.39 is 17.8 Å². The Bertz CT molecular complexity index is 1390. The molecule has 188 valence electrons. The molecule has 0 unspecified atom stereocenters. The number of carbonyl (C=O) groups is 4. The average Bonchev–Trinajstić information content (AvgIpc) is 2.88. The highest BCUT2D eigenvalue weighted by molar-refractivity contribution is 6.39. The number of nitrogens with one attached hydrogen (secondary N) is 2. The van der Waals surface area contributed by atoms with Gasteiger partial charge in [-0.2, -0.15) is 0 Å². The van der Waals surface area contributed by atoms with Crippen molar-refractivity contribution in [1.82, 2.24) is 5.32 Å². The number of hydrogen-bond acceptors (Lipinski definition) is 6. The lowest BCUT2D eigenvalue weighted by Gasteiger charge is -2.26. The van der Waals surface area contributed by atoms with E-state index in [-0.39, 0.29) is 18.1 Å². The number of carbonyl (C=O) groups excluding carboxylic acids is 4. The molecule has 9 nitrogen and oxygen atoms in total. The lowest BCUT2D eigenvalue weighted by molar-refractivity contribution is -0.122. The van der Waals surface area contributed by atoms with Crippen LogP contribution in [0.4, 0.5) is 16.2 Å². The Hall–Kier alpha value is -4.92. The number of rotatable bonds is 7. The fourth-order valence-electron chi connectivity index (χ4n) is 3.66. The molecule has 1 aliphatic heterocycles. The minimum Gasteiger partial charge on any atom is -0.497 e. The summed E-state index contributed by atoms with van der Waals surface area (Å²) in [4.78, 5) is 51.0. The van der Waals surface area contributed by atoms with Crippen LogP contribution in [0.5, 0.6) is 11.5 Å². The van der Waals surface area contributed by atoms with Gasteiger partial charge in [0, 0.05) is 5.69 Å². The van der Waals surface area contributed by atoms with Crippen molar-refractivity contribution in [3.05, 3.63) is 89.0 Å². The summed E-state index contributed by atoms with van der Waals surface area (Å²) >= 11 is 0. The molecule has 1 aliphatic rings. The summed E-state index contributed by atoms with van der Waals surface area (Å²) in [7, 11) is 1.50. The number of anilines is 2. The van der Waals surface area contributed by atoms with Crippen LogP contribution in [0.15, 0.2) is 72.3 Å². The third-order valence-corrected chi connectivity index (χ3v) is 5.66. The van der Waals surface area contributed by atoms with E-state index in [1.807, 2.05) is 32.0 Å². The highest BCUT2D eigenvalue weighted by Crippen LogP contribution is 2.25. The monoisotopic (exact) mass is 499 g/mol. The lowest BCUT2D eigenvalue weighted by Crippen LogP contribution is -2.54. The van der Waals surface area contributed by atoms with Gasteiger partial charge in [0.25, 0.3) is 17.7 Å². The van der Waals surface area contributed by atoms with Crippen LogP contribution in [0.3, 0.4) is 0 Å². The first-order valence-electron chi connectivity index (χ1n) is 11.4. The number of aryl methyl sites for hydroxylation is 2. The van der Waals surface area contributed by atoms with Crippen LogP contribution in [0.25, 0.3) is 6.08 Å². The number of ether oxygens (including phenoxy) is 2. The first-order chi connectivity index (χ1) is 17.7. The molecule has 3 aromatic rings. The molecule has 1 fully saturated rings. The Morgan fingerprint density at radius 3 is 2.30 bits per heavy atom. The summed E-state index contributed by atoms with van der Waals surface area (Å²) in [5.41, 5.74) is 3.35. The summed E-state index contributed by atoms with van der Waals surface area (Å²) in [6, 6.07) is 17.8. The summed E-state index contributed by atoms with van der Waals surface area (Å²) < 4.78 is 10.7. The van der Waals surface area contributed by atoms with Crippen LogP contribution >= 0.6 is 0 Å². The third kappa shape index (κ3) is 5.84. The van der Waals surface area contributed by atoms with Crippen LogP contribution in [0, 0.1) is 13.8 Å². The predicted molar refractivity (Wildman–Crippen MR) is 138 cm³/mol. The molecule has 0 spiro atoms. The molecule has 0 aromatic heterocycles. The van der Waals surface area contributed by atoms with Gasteiger partial charge < -0.3 is 14.8 Å². The summed E-state index contributed by atoms with van der Waals surface area (Å²) in [6.07, 6.45) is 1.39. The first-order valence-corrected chi connectivity index (χ1v) is 11.4. The van der Waals surface area contributed by atoms with Crippen molar-refractivity contribution in [2.45, 2.75) is 13.8 Å². The molecular weight excluding hydrogens is 474 g/mol. The van der Waals surface area contributed by atoms with E-state index in [0.717, 1.165) is 21.7 Å². The minimum absolute atomic E-state index is 0.187. The number of barbiturate groups is 1. The number of urea groups is 1. The molecule has 5 amide bonds. The second kappa shape index (κ2) is 10.8. The topological polar surface area (TPSA) is 114 Å². The lowest BCUT2D eigenvalue weighted by atomic mass is 10.1. The van der Waals surface area contributed by atoms with Crippen molar-refractivity contribution in [3.8, 4) is 11.5 Å². The smallest absolute Gasteiger partial charge is 0.335 e. The van der Waals surface area contributed by atoms with Crippen molar-refractivity contribution in [1.29, 1.82) is 0 Å². The Kier molecular flexibility index (Phi) is 7.34. The highest BCUT2D eigenvalue weighted by Gasteiger charge is 2.36. The number of amides is 5. The molecule has 3 aromatic carbocycles. The quantitative estimate of drug-likeness (QED) is 0.375. The van der Waals surface area contributed by atoms with Crippen molar-refractivity contribution in [2.75, 3.05) is 23.9 Å². The number of hydrogen-bond donors (Lipinski definition) is 2. The van der Waals surface area contributed by atoms with Crippen molar-refractivity contribution in [2.24, 2.45) is 0 Å². The van der Waals surface area contributed by atoms with Gasteiger partial charge in [-0.25, -0.2) is 9.69 Å². The van der Waals surface area contributed by atoms with E-state index in [4.69, 9.17) is 9.47 Å². The Labute approximate surface area is 213 Å². The Morgan fingerprint density at radius 2 is 1.62 bits per heavy atom. The van der Waals surface area contributed by atoms with Gasteiger partial charge in [0.2, 0.25) is 0 Å². The number of nitrogens with zero attached hydrogens (tertiary/aromatic N) is 1. The third-order valence-electron chi connectivity index (χ3n) is 5.66. The van der Waals surface area contributed by atoms with E-state index >= 15 is 0 Å². The fourth-order valence-corrected chi connectivity index (χ4v) is 3.66. The SMILES string of the molecule is COc1ccc(N2C(=O)NC(=O)/C(=C\c3ccc(OCC(=O)Nc4cc(C)ccc4C)cc3)C2=O)cc1. The second-order valence-electron chi connectivity index (χ2n) is 8.38. The van der Waals surface area contributed by atoms with Crippen molar-refractivity contribution < 1.29 is 28.7 Å². The number of benzene rings is 3. The number of methoxy groups -OCH3 is 1. The molecule has 9 heteroatoms. The van der Waals surface area contributed by atoms with Gasteiger partial charge in [0.15, 0.2) is 6.61 Å². The van der Waals surface area contributed by atoms with E-state index in [1.54, 1.807) is 48.5 Å². The maximum absolute atomic E-state index is 13.0. The molecule has 0 bridgehead atoms. The van der Waals surface area contributed by atoms with E-state index in [9.17, 15) is 19.2 Å². The highest BCUT2D eigenvalue weighted by atomic mass is 16.5. The van der Waals surface area contributed by atoms with Gasteiger partial charge in [-0.15, -0.1) is 0 Å². The standard InChI is InChI=1S/C28H25N3O6/c1-17-4-5-18(2)24(14-17)29-25(32)16-37-22-10-6-19(7-11-22)15-23-26(33)30-28(35)31(27(23)34)20-8-12-21(36-3)13-9-20/h4-15H,16H2,1-3H3,(H,29,32)(H,30,33,35)/b23-15+. The maximum Gasteiger partial charge on any atom is 0.335 e. The summed E-state index contributed by atoms with van der Waals surface area (Å²) in [5, 5.41) is 5.02. The van der Waals surface area contributed by atoms with Crippen LogP contribution in [0.1, 0.15) is 16.7 Å². The van der Waals surface area contributed by atoms with Gasteiger partial charge >= 0.3 is 6.03 Å². The Balaban J connectivity index is 1.43. The predicted octanol–water partition coefficient (Wildman–Crippen LogP) is 4.00. The zero-order chi connectivity index (χ0) is 26.5. The zero-order valence-electron chi connectivity index (χ0n) is 20.5. The van der Waals surface area contributed by atoms with Crippen LogP contribution < -0.4 is 25.0 Å². The van der Waals surface area contributed by atoms with Crippen LogP contribution in [-0.4, -0.2) is 37.5 Å². The van der Waals surface area contributed by atoms with Gasteiger partial charge in [-0.3, -0.25) is 19.7 Å². The van der Waals surface area contributed by atoms with E-state index in [1.165, 1.54) is 13.2 Å². The van der Waals surface area contributed by atoms with Gasteiger partial charge in [-0.05, 0) is 79.1 Å². The molecule has 4 rings (SSSR count). The molecule has 0 saturated carbocycles. The molecular formula is C28H25N3O6. The molecule has 0 aliphatic carbocycles. The molecule has 0 atom stereocenters. The maximum atomic E-state index is 13.0. The van der Waals surface area contributed by atoms with E-state index in [2.05, 4.69) is 10.6 Å². The van der Waals surface area contributed by atoms with Gasteiger partial charge in [0.1, 0.15) is 17.1 Å². The summed E-state index contributed by atoms with van der Waals surface area (Å²) in [5.74, 6) is -0.837. The average molecular weight is 500 g/mol. The van der Waals surface area contributed by atoms with Gasteiger partial charge in [-0.1, -0.05) is 24.3 Å². The zero-order valence-corrected chi connectivity index (χ0v) is 20.5. The second-order valence-corrected chi connectivity index (χ2v) is 8.38. The van der Waals surface area contributed by atoms with E-state index in [0.29, 0.717) is 22.7 Å². The molecule has 2 N–H and O–H groups in total. The van der Waals surface area contributed by atoms with Crippen LogP contribution in [-0.2, 0) is 14.4 Å². The fraction of sp³-hybridized carbons (Fsp3) is 0.143. The van der Waals surface area contributed by atoms with Crippen molar-refractivity contribution >= 4 is 41.2 Å². The largest absolute Gasteiger partial charge is 0.497 e. The molecule has 1 heterocycles. The van der Waals surface area contributed by atoms with Crippen molar-refractivity contribution in [3.63, 3.8) is 0 Å². The van der Waals surface area contributed by atoms with Crippen LogP contribution in [0.2, 0.25) is 0 Å². The molecule has 0 radical (unpaired) electrons.